The minimum absolute atomic E-state index is 0.0306. The van der Waals surface area contributed by atoms with Gasteiger partial charge in [-0.25, -0.2) is 0 Å². The number of fused-ring (bicyclic) bond motifs is 1. The Bertz CT molecular complexity index is 989. The number of rotatable bonds is 2. The van der Waals surface area contributed by atoms with E-state index in [1.54, 1.807) is 18.2 Å². The van der Waals surface area contributed by atoms with Crippen molar-refractivity contribution in [1.82, 2.24) is 0 Å². The number of carbonyl (C=O) groups excluding carboxylic acids is 1. The lowest BCUT2D eigenvalue weighted by Crippen LogP contribution is -1.93. The quantitative estimate of drug-likeness (QED) is 0.475. The van der Waals surface area contributed by atoms with Gasteiger partial charge in [-0.1, -0.05) is 47.1 Å². The maximum Gasteiger partial charge on any atom is 0.200 e. The molecule has 24 heavy (non-hydrogen) atoms. The summed E-state index contributed by atoms with van der Waals surface area (Å²) in [7, 11) is 0. The van der Waals surface area contributed by atoms with Crippen molar-refractivity contribution in [3.8, 4) is 11.3 Å². The minimum Gasteiger partial charge on any atom is -0.457 e. The molecule has 0 spiro atoms. The van der Waals surface area contributed by atoms with Crippen LogP contribution in [-0.2, 0) is 0 Å². The van der Waals surface area contributed by atoms with Crippen LogP contribution >= 0.6 is 35.0 Å². The first-order valence-corrected chi connectivity index (χ1v) is 8.77. The van der Waals surface area contributed by atoms with Gasteiger partial charge in [0.2, 0.25) is 5.78 Å². The lowest BCUT2D eigenvalue weighted by molar-refractivity contribution is 0.104. The molecule has 0 unspecified atom stereocenters. The maximum atomic E-state index is 12.4. The molecule has 1 aliphatic heterocycles. The molecule has 0 atom stereocenters. The number of ketones is 1. The van der Waals surface area contributed by atoms with Gasteiger partial charge in [0.15, 0.2) is 0 Å². The summed E-state index contributed by atoms with van der Waals surface area (Å²) in [5, 5.41) is 0.975. The first kappa shape index (κ1) is 15.6. The monoisotopic (exact) mass is 372 g/mol. The third kappa shape index (κ3) is 2.80. The van der Waals surface area contributed by atoms with E-state index in [1.807, 2.05) is 42.5 Å². The van der Waals surface area contributed by atoms with Gasteiger partial charge in [0.25, 0.3) is 0 Å². The smallest absolute Gasteiger partial charge is 0.200 e. The topological polar surface area (TPSA) is 30.2 Å². The summed E-state index contributed by atoms with van der Waals surface area (Å²) in [6.45, 7) is 0. The van der Waals surface area contributed by atoms with Crippen LogP contribution in [0.3, 0.4) is 0 Å². The van der Waals surface area contributed by atoms with Gasteiger partial charge in [-0.3, -0.25) is 4.79 Å². The fraction of sp³-hybridized carbons (Fsp3) is 0. The molecule has 0 aliphatic carbocycles. The first-order chi connectivity index (χ1) is 11.6. The summed E-state index contributed by atoms with van der Waals surface area (Å²) in [4.78, 5) is 14.0. The van der Waals surface area contributed by atoms with E-state index in [4.69, 9.17) is 27.6 Å². The zero-order valence-electron chi connectivity index (χ0n) is 12.3. The van der Waals surface area contributed by atoms with Crippen molar-refractivity contribution < 1.29 is 9.21 Å². The fourth-order valence-electron chi connectivity index (χ4n) is 2.50. The highest BCUT2D eigenvalue weighted by Crippen LogP contribution is 2.41. The van der Waals surface area contributed by atoms with Gasteiger partial charge in [-0.05, 0) is 48.5 Å². The Balaban J connectivity index is 1.64. The second kappa shape index (κ2) is 6.17. The van der Waals surface area contributed by atoms with E-state index in [0.29, 0.717) is 26.5 Å². The van der Waals surface area contributed by atoms with E-state index in [1.165, 1.54) is 11.8 Å². The van der Waals surface area contributed by atoms with Crippen LogP contribution in [-0.4, -0.2) is 5.78 Å². The van der Waals surface area contributed by atoms with Crippen LogP contribution in [0.25, 0.3) is 17.4 Å². The van der Waals surface area contributed by atoms with Crippen LogP contribution in [0.5, 0.6) is 0 Å². The van der Waals surface area contributed by atoms with Gasteiger partial charge in [0, 0.05) is 16.0 Å². The van der Waals surface area contributed by atoms with Crippen molar-refractivity contribution in [1.29, 1.82) is 0 Å². The van der Waals surface area contributed by atoms with Crippen LogP contribution in [0.2, 0.25) is 10.0 Å². The van der Waals surface area contributed by atoms with E-state index in [0.717, 1.165) is 16.0 Å². The van der Waals surface area contributed by atoms with E-state index >= 15 is 0 Å². The zero-order chi connectivity index (χ0) is 16.7. The second-order valence-electron chi connectivity index (χ2n) is 5.27. The van der Waals surface area contributed by atoms with Crippen molar-refractivity contribution in [3.05, 3.63) is 80.9 Å². The number of carbonyl (C=O) groups is 1. The van der Waals surface area contributed by atoms with Crippen LogP contribution in [0.1, 0.15) is 16.1 Å². The Morgan fingerprint density at radius 3 is 2.58 bits per heavy atom. The van der Waals surface area contributed by atoms with E-state index in [9.17, 15) is 4.79 Å². The third-order valence-electron chi connectivity index (χ3n) is 3.68. The summed E-state index contributed by atoms with van der Waals surface area (Å²) in [6.07, 6.45) is 1.77. The molecule has 0 amide bonds. The number of hydrogen-bond donors (Lipinski definition) is 0. The highest BCUT2D eigenvalue weighted by molar-refractivity contribution is 8.04. The van der Waals surface area contributed by atoms with E-state index in [2.05, 4.69) is 0 Å². The first-order valence-electron chi connectivity index (χ1n) is 7.20. The standard InChI is InChI=1S/C19H10Cl2O2S/c20-14-7-5-11(9-15(14)21)16-8-6-12(23-16)10-18-19(22)13-3-1-2-4-17(13)24-18/h1-10H/b18-10-. The molecule has 0 bridgehead atoms. The minimum atomic E-state index is 0.0306. The zero-order valence-corrected chi connectivity index (χ0v) is 14.6. The SMILES string of the molecule is O=C1/C(=C/c2ccc(-c3ccc(Cl)c(Cl)c3)o2)Sc2ccccc21. The molecule has 5 heteroatoms. The molecule has 4 rings (SSSR count). The Hall–Kier alpha value is -1.94. The Morgan fingerprint density at radius 1 is 0.958 bits per heavy atom. The van der Waals surface area contributed by atoms with Gasteiger partial charge in [-0.2, -0.15) is 0 Å². The van der Waals surface area contributed by atoms with Crippen molar-refractivity contribution in [2.24, 2.45) is 0 Å². The number of hydrogen-bond acceptors (Lipinski definition) is 3. The molecule has 1 aromatic heterocycles. The Labute approximate surface area is 153 Å². The predicted molar refractivity (Wildman–Crippen MR) is 98.8 cm³/mol. The molecule has 0 N–H and O–H groups in total. The van der Waals surface area contributed by atoms with Crippen molar-refractivity contribution in [2.45, 2.75) is 4.90 Å². The summed E-state index contributed by atoms with van der Waals surface area (Å²) in [5.41, 5.74) is 1.58. The van der Waals surface area contributed by atoms with Crippen LogP contribution in [0.4, 0.5) is 0 Å². The second-order valence-corrected chi connectivity index (χ2v) is 7.17. The Morgan fingerprint density at radius 2 is 1.79 bits per heavy atom. The summed E-state index contributed by atoms with van der Waals surface area (Å²) >= 11 is 13.4. The van der Waals surface area contributed by atoms with Gasteiger partial charge >= 0.3 is 0 Å². The van der Waals surface area contributed by atoms with E-state index in [-0.39, 0.29) is 5.78 Å². The molecule has 0 fully saturated rings. The molecule has 2 aromatic carbocycles. The highest BCUT2D eigenvalue weighted by Gasteiger charge is 2.25. The van der Waals surface area contributed by atoms with Gasteiger partial charge in [-0.15, -0.1) is 0 Å². The van der Waals surface area contributed by atoms with Crippen molar-refractivity contribution in [3.63, 3.8) is 0 Å². The number of Topliss-reactive ketones (excluding diaryl/α,β-unsaturated/α-hetero) is 1. The lowest BCUT2D eigenvalue weighted by atomic mass is 10.1. The molecule has 0 radical (unpaired) electrons. The maximum absolute atomic E-state index is 12.4. The number of allylic oxidation sites excluding steroid dienone is 1. The number of furan rings is 1. The van der Waals surface area contributed by atoms with E-state index < -0.39 is 0 Å². The normalized spacial score (nSPS) is 15.1. The van der Waals surface area contributed by atoms with Gasteiger partial charge in [0.05, 0.1) is 15.0 Å². The molecule has 2 heterocycles. The number of thioether (sulfide) groups is 1. The predicted octanol–water partition coefficient (Wildman–Crippen LogP) is 6.58. The van der Waals surface area contributed by atoms with Crippen LogP contribution < -0.4 is 0 Å². The van der Waals surface area contributed by atoms with Crippen LogP contribution in [0, 0.1) is 0 Å². The third-order valence-corrected chi connectivity index (χ3v) is 5.52. The van der Waals surface area contributed by atoms with Crippen molar-refractivity contribution in [2.75, 3.05) is 0 Å². The molecule has 0 saturated carbocycles. The molecular weight excluding hydrogens is 363 g/mol. The van der Waals surface area contributed by atoms with Crippen LogP contribution in [0.15, 0.2) is 68.8 Å². The Kier molecular flexibility index (Phi) is 4.01. The molecule has 118 valence electrons. The van der Waals surface area contributed by atoms with Gasteiger partial charge in [0.1, 0.15) is 11.5 Å². The average molecular weight is 373 g/mol. The highest BCUT2D eigenvalue weighted by atomic mass is 35.5. The summed E-state index contributed by atoms with van der Waals surface area (Å²) in [6, 6.07) is 16.6. The average Bonchev–Trinajstić information content (AvgIpc) is 3.16. The molecule has 3 aromatic rings. The summed E-state index contributed by atoms with van der Waals surface area (Å²) in [5.74, 6) is 1.33. The molecule has 1 aliphatic rings. The van der Waals surface area contributed by atoms with Crippen molar-refractivity contribution >= 4 is 46.8 Å². The largest absolute Gasteiger partial charge is 0.457 e. The molecule has 2 nitrogen and oxygen atoms in total. The molecule has 0 saturated heterocycles. The fourth-order valence-corrected chi connectivity index (χ4v) is 3.83. The molecular formula is C19H10Cl2O2S. The number of benzene rings is 2. The lowest BCUT2D eigenvalue weighted by Gasteiger charge is -1.99. The summed E-state index contributed by atoms with van der Waals surface area (Å²) < 4.78 is 5.83. The number of halogens is 2. The van der Waals surface area contributed by atoms with Gasteiger partial charge < -0.3 is 4.42 Å².